The molecule has 2 atom stereocenters. The molecule has 2 unspecified atom stereocenters. The molecule has 1 aromatic rings. The van der Waals surface area contributed by atoms with E-state index in [-0.39, 0.29) is 18.1 Å². The van der Waals surface area contributed by atoms with Gasteiger partial charge in [-0.3, -0.25) is 10.1 Å². The van der Waals surface area contributed by atoms with Crippen LogP contribution < -0.4 is 5.32 Å². The first-order valence-corrected chi connectivity index (χ1v) is 6.12. The summed E-state index contributed by atoms with van der Waals surface area (Å²) in [6.07, 6.45) is 0.145. The molecule has 82 valence electrons. The van der Waals surface area contributed by atoms with Gasteiger partial charge in [0, 0.05) is 6.54 Å². The maximum absolute atomic E-state index is 11.8. The van der Waals surface area contributed by atoms with Crippen molar-refractivity contribution >= 4 is 17.2 Å². The maximum atomic E-state index is 11.8. The second-order valence-electron chi connectivity index (χ2n) is 4.11. The summed E-state index contributed by atoms with van der Waals surface area (Å²) in [5.74, 6) is 0.202. The first-order valence-electron chi connectivity index (χ1n) is 5.18. The molecule has 2 rings (SSSR count). The standard InChI is InChI=1S/C11H16N2OS/c1-7-5-15-6-10(7)4-13-9(3)12-8(2)11(13)14/h5-6,8-9,12H,4H2,1-3H3. The van der Waals surface area contributed by atoms with Crippen molar-refractivity contribution in [2.75, 3.05) is 0 Å². The molecule has 1 amide bonds. The average molecular weight is 224 g/mol. The Morgan fingerprint density at radius 1 is 1.47 bits per heavy atom. The van der Waals surface area contributed by atoms with Crippen molar-refractivity contribution in [2.45, 2.75) is 39.5 Å². The van der Waals surface area contributed by atoms with E-state index in [0.29, 0.717) is 0 Å². The lowest BCUT2D eigenvalue weighted by Crippen LogP contribution is -2.34. The van der Waals surface area contributed by atoms with Gasteiger partial charge in [0.25, 0.3) is 0 Å². The van der Waals surface area contributed by atoms with E-state index in [9.17, 15) is 4.79 Å². The van der Waals surface area contributed by atoms with Crippen LogP contribution in [0.2, 0.25) is 0 Å². The predicted octanol–water partition coefficient (Wildman–Crippen LogP) is 1.72. The molecule has 4 heteroatoms. The summed E-state index contributed by atoms with van der Waals surface area (Å²) in [7, 11) is 0. The van der Waals surface area contributed by atoms with Gasteiger partial charge >= 0.3 is 0 Å². The Hall–Kier alpha value is -0.870. The minimum atomic E-state index is -0.0426. The molecule has 0 aliphatic carbocycles. The van der Waals surface area contributed by atoms with Gasteiger partial charge in [-0.1, -0.05) is 0 Å². The molecule has 1 N–H and O–H groups in total. The third-order valence-electron chi connectivity index (χ3n) is 2.91. The van der Waals surface area contributed by atoms with E-state index in [1.54, 1.807) is 11.3 Å². The molecule has 0 bridgehead atoms. The van der Waals surface area contributed by atoms with E-state index >= 15 is 0 Å². The molecular weight excluding hydrogens is 208 g/mol. The number of nitrogens with zero attached hydrogens (tertiary/aromatic N) is 1. The van der Waals surface area contributed by atoms with Crippen LogP contribution in [0.4, 0.5) is 0 Å². The Kier molecular flexibility index (Phi) is 2.80. The highest BCUT2D eigenvalue weighted by atomic mass is 32.1. The van der Waals surface area contributed by atoms with Gasteiger partial charge in [-0.25, -0.2) is 0 Å². The molecule has 1 fully saturated rings. The minimum Gasteiger partial charge on any atom is -0.322 e. The zero-order chi connectivity index (χ0) is 11.0. The second kappa shape index (κ2) is 3.94. The number of thiophene rings is 1. The van der Waals surface area contributed by atoms with Gasteiger partial charge in [-0.2, -0.15) is 11.3 Å². The highest BCUT2D eigenvalue weighted by molar-refractivity contribution is 7.08. The third kappa shape index (κ3) is 1.92. The summed E-state index contributed by atoms with van der Waals surface area (Å²) >= 11 is 1.69. The van der Waals surface area contributed by atoms with Crippen LogP contribution in [-0.2, 0) is 11.3 Å². The highest BCUT2D eigenvalue weighted by Gasteiger charge is 2.33. The molecule has 1 saturated heterocycles. The molecular formula is C11H16N2OS. The molecule has 0 saturated carbocycles. The van der Waals surface area contributed by atoms with Crippen LogP contribution in [0.25, 0.3) is 0 Å². The molecule has 0 spiro atoms. The Labute approximate surface area is 94.1 Å². The first kappa shape index (κ1) is 10.6. The van der Waals surface area contributed by atoms with Gasteiger partial charge in [-0.05, 0) is 42.7 Å². The van der Waals surface area contributed by atoms with Crippen molar-refractivity contribution in [3.8, 4) is 0 Å². The van der Waals surface area contributed by atoms with E-state index in [4.69, 9.17) is 0 Å². The topological polar surface area (TPSA) is 32.3 Å². The number of carbonyl (C=O) groups is 1. The van der Waals surface area contributed by atoms with Crippen LogP contribution in [0.1, 0.15) is 25.0 Å². The summed E-state index contributed by atoms with van der Waals surface area (Å²) in [5, 5.41) is 7.47. The second-order valence-corrected chi connectivity index (χ2v) is 4.85. The summed E-state index contributed by atoms with van der Waals surface area (Å²) in [4.78, 5) is 13.7. The fraction of sp³-hybridized carbons (Fsp3) is 0.545. The summed E-state index contributed by atoms with van der Waals surface area (Å²) < 4.78 is 0. The van der Waals surface area contributed by atoms with Crippen molar-refractivity contribution in [1.82, 2.24) is 10.2 Å². The minimum absolute atomic E-state index is 0.0426. The maximum Gasteiger partial charge on any atom is 0.241 e. The van der Waals surface area contributed by atoms with Crippen LogP contribution in [-0.4, -0.2) is 23.0 Å². The van der Waals surface area contributed by atoms with Crippen molar-refractivity contribution in [3.05, 3.63) is 21.9 Å². The van der Waals surface area contributed by atoms with Crippen LogP contribution in [0.5, 0.6) is 0 Å². The third-order valence-corrected chi connectivity index (χ3v) is 3.82. The fourth-order valence-corrected chi connectivity index (χ4v) is 2.76. The van der Waals surface area contributed by atoms with Crippen LogP contribution in [0.3, 0.4) is 0 Å². The number of aryl methyl sites for hydroxylation is 1. The SMILES string of the molecule is Cc1cscc1CN1C(=O)C(C)NC1C. The first-order chi connectivity index (χ1) is 7.09. The molecule has 1 aliphatic rings. The zero-order valence-electron chi connectivity index (χ0n) is 9.28. The zero-order valence-corrected chi connectivity index (χ0v) is 10.1. The van der Waals surface area contributed by atoms with E-state index in [1.165, 1.54) is 11.1 Å². The van der Waals surface area contributed by atoms with E-state index in [1.807, 2.05) is 18.7 Å². The number of rotatable bonds is 2. The van der Waals surface area contributed by atoms with Crippen LogP contribution in [0.15, 0.2) is 10.8 Å². The number of amides is 1. The van der Waals surface area contributed by atoms with Gasteiger partial charge < -0.3 is 4.90 Å². The molecule has 0 radical (unpaired) electrons. The lowest BCUT2D eigenvalue weighted by atomic mass is 10.2. The number of carbonyl (C=O) groups excluding carboxylic acids is 1. The van der Waals surface area contributed by atoms with Crippen molar-refractivity contribution in [1.29, 1.82) is 0 Å². The molecule has 15 heavy (non-hydrogen) atoms. The largest absolute Gasteiger partial charge is 0.322 e. The average Bonchev–Trinajstić information content (AvgIpc) is 2.67. The van der Waals surface area contributed by atoms with E-state index < -0.39 is 0 Å². The smallest absolute Gasteiger partial charge is 0.241 e. The lowest BCUT2D eigenvalue weighted by molar-refractivity contribution is -0.130. The van der Waals surface area contributed by atoms with Gasteiger partial charge in [0.15, 0.2) is 0 Å². The summed E-state index contributed by atoms with van der Waals surface area (Å²) in [6.45, 7) is 6.77. The number of nitrogens with one attached hydrogen (secondary N) is 1. The van der Waals surface area contributed by atoms with E-state index in [0.717, 1.165) is 6.54 Å². The summed E-state index contributed by atoms with van der Waals surface area (Å²) in [6, 6.07) is -0.0426. The Bertz CT molecular complexity index is 374. The highest BCUT2D eigenvalue weighted by Crippen LogP contribution is 2.19. The monoisotopic (exact) mass is 224 g/mol. The van der Waals surface area contributed by atoms with Gasteiger partial charge in [0.1, 0.15) is 0 Å². The van der Waals surface area contributed by atoms with Crippen molar-refractivity contribution in [3.63, 3.8) is 0 Å². The van der Waals surface area contributed by atoms with Crippen molar-refractivity contribution in [2.24, 2.45) is 0 Å². The molecule has 1 aliphatic heterocycles. The molecule has 3 nitrogen and oxygen atoms in total. The van der Waals surface area contributed by atoms with E-state index in [2.05, 4.69) is 23.0 Å². The Morgan fingerprint density at radius 3 is 2.67 bits per heavy atom. The fourth-order valence-electron chi connectivity index (χ4n) is 1.91. The summed E-state index contributed by atoms with van der Waals surface area (Å²) in [5.41, 5.74) is 2.54. The molecule has 0 aromatic carbocycles. The van der Waals surface area contributed by atoms with Gasteiger partial charge in [0.05, 0.1) is 12.2 Å². The number of hydrogen-bond acceptors (Lipinski definition) is 3. The normalized spacial score (nSPS) is 26.3. The number of hydrogen-bond donors (Lipinski definition) is 1. The Balaban J connectivity index is 2.13. The Morgan fingerprint density at radius 2 is 2.20 bits per heavy atom. The predicted molar refractivity (Wildman–Crippen MR) is 61.7 cm³/mol. The molecule has 2 heterocycles. The quantitative estimate of drug-likeness (QED) is 0.829. The van der Waals surface area contributed by atoms with Gasteiger partial charge in [0.2, 0.25) is 5.91 Å². The molecule has 1 aromatic heterocycles. The van der Waals surface area contributed by atoms with Crippen LogP contribution >= 0.6 is 11.3 Å². The van der Waals surface area contributed by atoms with Gasteiger partial charge in [-0.15, -0.1) is 0 Å². The van der Waals surface area contributed by atoms with Crippen molar-refractivity contribution < 1.29 is 4.79 Å². The van der Waals surface area contributed by atoms with Crippen LogP contribution in [0, 0.1) is 6.92 Å². The lowest BCUT2D eigenvalue weighted by Gasteiger charge is -2.20.